The summed E-state index contributed by atoms with van der Waals surface area (Å²) < 4.78 is 12.6. The lowest BCUT2D eigenvalue weighted by Crippen LogP contribution is -2.43. The molecule has 3 aromatic rings. The molecule has 1 fully saturated rings. The van der Waals surface area contributed by atoms with Crippen molar-refractivity contribution in [2.75, 3.05) is 45.9 Å². The fraction of sp³-hybridized carbons (Fsp3) is 0.529. The Balaban J connectivity index is 1.70. The van der Waals surface area contributed by atoms with Gasteiger partial charge in [0.1, 0.15) is 12.4 Å². The van der Waals surface area contributed by atoms with Crippen LogP contribution in [0.4, 0.5) is 5.69 Å². The summed E-state index contributed by atoms with van der Waals surface area (Å²) >= 11 is 0. The van der Waals surface area contributed by atoms with Crippen molar-refractivity contribution in [3.8, 4) is 16.9 Å². The quantitative estimate of drug-likeness (QED) is 0.271. The van der Waals surface area contributed by atoms with E-state index >= 15 is 0 Å². The summed E-state index contributed by atoms with van der Waals surface area (Å²) in [5.41, 5.74) is 5.88. The Morgan fingerprint density at radius 2 is 1.70 bits per heavy atom. The van der Waals surface area contributed by atoms with Crippen LogP contribution in [0.2, 0.25) is 0 Å². The van der Waals surface area contributed by atoms with Crippen LogP contribution in [0.1, 0.15) is 66.2 Å². The van der Waals surface area contributed by atoms with Gasteiger partial charge in [-0.3, -0.25) is 19.4 Å². The monoisotopic (exact) mass is 591 g/mol. The van der Waals surface area contributed by atoms with Crippen molar-refractivity contribution >= 4 is 11.6 Å². The molecule has 0 bridgehead atoms. The van der Waals surface area contributed by atoms with Crippen molar-refractivity contribution in [2.24, 2.45) is 7.05 Å². The lowest BCUT2D eigenvalue weighted by atomic mass is 9.88. The normalized spacial score (nSPS) is 16.8. The first-order chi connectivity index (χ1) is 20.6. The third-order valence-electron chi connectivity index (χ3n) is 8.89. The Labute approximate surface area is 256 Å². The number of aromatic nitrogens is 2. The first-order valence-corrected chi connectivity index (χ1v) is 15.5. The first kappa shape index (κ1) is 32.4. The predicted molar refractivity (Wildman–Crippen MR) is 173 cm³/mol. The summed E-state index contributed by atoms with van der Waals surface area (Å²) in [6, 6.07) is 13.2. The van der Waals surface area contributed by atoms with Gasteiger partial charge < -0.3 is 24.6 Å². The zero-order valence-corrected chi connectivity index (χ0v) is 27.0. The number of hydrogen-bond donors (Lipinski definition) is 2. The van der Waals surface area contributed by atoms with Crippen LogP contribution in [0, 0.1) is 13.8 Å². The van der Waals surface area contributed by atoms with Gasteiger partial charge in [0.2, 0.25) is 0 Å². The molecule has 1 aliphatic rings. The number of carbonyl (C=O) groups excluding carboxylic acids is 1. The van der Waals surface area contributed by atoms with Gasteiger partial charge in [0, 0.05) is 49.7 Å². The molecule has 1 aliphatic carbocycles. The molecular formula is C34H49N5O4. The standard InChI is InChI=1S/C34H49N5O4/c1-8-17-39(28-13-11-27(12-14-28)37(4)5)32-21-26(25-9-15-29(16-10-25)43-19-18-42-7)20-30(23(32)2)33(40)35-22-31-24(3)38(6)36-34(31)41/h9-10,15-16,20-21,27-28H,8,11-14,17-19,22H2,1-7H3,(H,35,40)(H,36,41). The number of rotatable bonds is 13. The summed E-state index contributed by atoms with van der Waals surface area (Å²) in [6.07, 6.45) is 5.59. The molecule has 43 heavy (non-hydrogen) atoms. The summed E-state index contributed by atoms with van der Waals surface area (Å²) in [6.45, 7) is 8.25. The van der Waals surface area contributed by atoms with Gasteiger partial charge in [-0.05, 0) is 101 Å². The van der Waals surface area contributed by atoms with Crippen LogP contribution < -0.4 is 20.5 Å². The lowest BCUT2D eigenvalue weighted by Gasteiger charge is -2.41. The van der Waals surface area contributed by atoms with E-state index in [1.165, 1.54) is 12.8 Å². The van der Waals surface area contributed by atoms with Crippen molar-refractivity contribution < 1.29 is 14.3 Å². The zero-order valence-electron chi connectivity index (χ0n) is 27.0. The molecule has 0 spiro atoms. The van der Waals surface area contributed by atoms with Crippen LogP contribution in [0.15, 0.2) is 41.2 Å². The van der Waals surface area contributed by atoms with E-state index in [1.807, 2.05) is 37.3 Å². The second-order valence-electron chi connectivity index (χ2n) is 11.9. The summed E-state index contributed by atoms with van der Waals surface area (Å²) in [4.78, 5) is 31.1. The van der Waals surface area contributed by atoms with Crippen LogP contribution in [-0.4, -0.2) is 73.6 Å². The van der Waals surface area contributed by atoms with E-state index in [-0.39, 0.29) is 18.0 Å². The number of hydrogen-bond acceptors (Lipinski definition) is 6. The lowest BCUT2D eigenvalue weighted by molar-refractivity contribution is 0.0950. The highest BCUT2D eigenvalue weighted by Crippen LogP contribution is 2.36. The van der Waals surface area contributed by atoms with Gasteiger partial charge in [-0.2, -0.15) is 0 Å². The molecular weight excluding hydrogens is 542 g/mol. The fourth-order valence-electron chi connectivity index (χ4n) is 6.16. The Hall–Kier alpha value is -3.56. The molecule has 0 aliphatic heterocycles. The van der Waals surface area contributed by atoms with E-state index in [2.05, 4.69) is 54.2 Å². The molecule has 0 atom stereocenters. The van der Waals surface area contributed by atoms with Gasteiger partial charge in [0.25, 0.3) is 11.5 Å². The number of nitrogens with one attached hydrogen (secondary N) is 2. The number of aromatic amines is 1. The van der Waals surface area contributed by atoms with Crippen molar-refractivity contribution in [3.63, 3.8) is 0 Å². The molecule has 0 saturated heterocycles. The SMILES string of the molecule is CCCN(c1cc(-c2ccc(OCCOC)cc2)cc(C(=O)NCc2c(C)n(C)[nH]c2=O)c1C)C1CCC(N(C)C)CC1. The minimum absolute atomic E-state index is 0.167. The third-order valence-corrected chi connectivity index (χ3v) is 8.89. The Bertz CT molecular complexity index is 1420. The van der Waals surface area contributed by atoms with Crippen molar-refractivity contribution in [1.29, 1.82) is 0 Å². The Kier molecular flexibility index (Phi) is 11.1. The number of benzene rings is 2. The maximum Gasteiger partial charge on any atom is 0.269 e. The molecule has 1 amide bonds. The van der Waals surface area contributed by atoms with Gasteiger partial charge in [0.15, 0.2) is 0 Å². The van der Waals surface area contributed by atoms with Crippen LogP contribution in [0.5, 0.6) is 5.75 Å². The van der Waals surface area contributed by atoms with Crippen LogP contribution in [0.3, 0.4) is 0 Å². The van der Waals surface area contributed by atoms with E-state index in [0.29, 0.717) is 36.4 Å². The minimum Gasteiger partial charge on any atom is -0.491 e. The number of nitrogens with zero attached hydrogens (tertiary/aromatic N) is 3. The number of methoxy groups -OCH3 is 1. The van der Waals surface area contributed by atoms with Gasteiger partial charge >= 0.3 is 0 Å². The van der Waals surface area contributed by atoms with Crippen LogP contribution in [0.25, 0.3) is 11.1 Å². The molecule has 9 heteroatoms. The number of aryl methyl sites for hydroxylation is 1. The molecule has 2 aromatic carbocycles. The molecule has 0 unspecified atom stereocenters. The summed E-state index contributed by atoms with van der Waals surface area (Å²) in [5.74, 6) is 0.593. The first-order valence-electron chi connectivity index (χ1n) is 15.5. The maximum absolute atomic E-state index is 13.8. The molecule has 1 heterocycles. The zero-order chi connectivity index (χ0) is 31.1. The van der Waals surface area contributed by atoms with E-state index in [1.54, 1.807) is 18.8 Å². The third kappa shape index (κ3) is 7.70. The average molecular weight is 592 g/mol. The average Bonchev–Trinajstić information content (AvgIpc) is 3.25. The van der Waals surface area contributed by atoms with Gasteiger partial charge in [-0.1, -0.05) is 19.1 Å². The highest BCUT2D eigenvalue weighted by molar-refractivity contribution is 5.99. The summed E-state index contributed by atoms with van der Waals surface area (Å²) in [5, 5.41) is 5.80. The minimum atomic E-state index is -0.185. The van der Waals surface area contributed by atoms with Crippen LogP contribution in [-0.2, 0) is 18.3 Å². The number of anilines is 1. The molecule has 0 radical (unpaired) electrons. The number of amides is 1. The fourth-order valence-corrected chi connectivity index (χ4v) is 6.16. The number of ether oxygens (including phenoxy) is 2. The van der Waals surface area contributed by atoms with Crippen molar-refractivity contribution in [3.05, 3.63) is 69.1 Å². The van der Waals surface area contributed by atoms with Crippen molar-refractivity contribution in [2.45, 2.75) is 71.5 Å². The largest absolute Gasteiger partial charge is 0.491 e. The second kappa shape index (κ2) is 14.8. The van der Waals surface area contributed by atoms with E-state index in [4.69, 9.17) is 9.47 Å². The highest BCUT2D eigenvalue weighted by Gasteiger charge is 2.29. The van der Waals surface area contributed by atoms with Gasteiger partial charge in [-0.25, -0.2) is 0 Å². The smallest absolute Gasteiger partial charge is 0.269 e. The topological polar surface area (TPSA) is 91.8 Å². The molecule has 1 saturated carbocycles. The van der Waals surface area contributed by atoms with E-state index < -0.39 is 0 Å². The Morgan fingerprint density at radius 3 is 2.28 bits per heavy atom. The maximum atomic E-state index is 13.8. The molecule has 2 N–H and O–H groups in total. The van der Waals surface area contributed by atoms with Gasteiger partial charge in [0.05, 0.1) is 18.7 Å². The molecule has 9 nitrogen and oxygen atoms in total. The Morgan fingerprint density at radius 1 is 1.02 bits per heavy atom. The molecule has 4 rings (SSSR count). The van der Waals surface area contributed by atoms with Crippen LogP contribution >= 0.6 is 0 Å². The van der Waals surface area contributed by atoms with E-state index in [9.17, 15) is 9.59 Å². The summed E-state index contributed by atoms with van der Waals surface area (Å²) in [7, 11) is 7.80. The molecule has 234 valence electrons. The number of carbonyl (C=O) groups is 1. The highest BCUT2D eigenvalue weighted by atomic mass is 16.5. The van der Waals surface area contributed by atoms with Crippen molar-refractivity contribution in [1.82, 2.24) is 20.0 Å². The second-order valence-corrected chi connectivity index (χ2v) is 11.9. The predicted octanol–water partition coefficient (Wildman–Crippen LogP) is 5.04. The number of H-pyrrole nitrogens is 1. The van der Waals surface area contributed by atoms with Gasteiger partial charge in [-0.15, -0.1) is 0 Å². The molecule has 1 aromatic heterocycles. The van der Waals surface area contributed by atoms with E-state index in [0.717, 1.165) is 59.6 Å².